The first-order chi connectivity index (χ1) is 9.84. The largest absolute Gasteiger partial charge is 0.416 e. The van der Waals surface area contributed by atoms with Gasteiger partial charge in [-0.15, -0.1) is 11.8 Å². The molecular formula is C14H18F3N2OS+. The number of thioether (sulfide) groups is 1. The summed E-state index contributed by atoms with van der Waals surface area (Å²) in [5, 5.41) is 1.39. The first kappa shape index (κ1) is 16.2. The van der Waals surface area contributed by atoms with Gasteiger partial charge in [0.15, 0.2) is 0 Å². The zero-order chi connectivity index (χ0) is 15.6. The molecule has 1 fully saturated rings. The third kappa shape index (κ3) is 3.52. The summed E-state index contributed by atoms with van der Waals surface area (Å²) in [5.41, 5.74) is -0.141. The quantitative estimate of drug-likeness (QED) is 0.920. The van der Waals surface area contributed by atoms with E-state index in [4.69, 9.17) is 0 Å². The minimum Gasteiger partial charge on any atom is -0.347 e. The lowest BCUT2D eigenvalue weighted by molar-refractivity contribution is -0.626. The summed E-state index contributed by atoms with van der Waals surface area (Å²) in [6, 6.07) is 5.25. The fourth-order valence-electron chi connectivity index (χ4n) is 2.30. The molecule has 2 N–H and O–H groups in total. The standard InChI is InChI=1S/C14H17F3N2OS/c1-9-12(20)19(7-6-18-2)13(21-9)10-4-3-5-11(8-10)14(15,16)17/h3-5,8-9,13,18H,6-7H2,1-2H3/p+1/t9-,13+/m0/s1. The Balaban J connectivity index is 2.29. The maximum Gasteiger partial charge on any atom is 0.416 e. The second kappa shape index (κ2) is 6.27. The second-order valence-corrected chi connectivity index (χ2v) is 6.41. The van der Waals surface area contributed by atoms with Gasteiger partial charge in [-0.1, -0.05) is 12.1 Å². The van der Waals surface area contributed by atoms with Crippen molar-refractivity contribution in [3.63, 3.8) is 0 Å². The maximum absolute atomic E-state index is 12.8. The van der Waals surface area contributed by atoms with E-state index < -0.39 is 11.7 Å². The Morgan fingerprint density at radius 2 is 2.10 bits per heavy atom. The Morgan fingerprint density at radius 3 is 2.71 bits per heavy atom. The van der Waals surface area contributed by atoms with Gasteiger partial charge in [-0.2, -0.15) is 13.2 Å². The highest BCUT2D eigenvalue weighted by Gasteiger charge is 2.39. The zero-order valence-electron chi connectivity index (χ0n) is 11.9. The number of hydrogen-bond acceptors (Lipinski definition) is 2. The Bertz CT molecular complexity index is 521. The summed E-state index contributed by atoms with van der Waals surface area (Å²) >= 11 is 1.40. The molecule has 2 atom stereocenters. The van der Waals surface area contributed by atoms with E-state index in [-0.39, 0.29) is 16.5 Å². The van der Waals surface area contributed by atoms with Crippen LogP contribution in [0.3, 0.4) is 0 Å². The van der Waals surface area contributed by atoms with Gasteiger partial charge in [-0.3, -0.25) is 4.79 Å². The number of rotatable bonds is 4. The highest BCUT2D eigenvalue weighted by atomic mass is 32.2. The fraction of sp³-hybridized carbons (Fsp3) is 0.500. The van der Waals surface area contributed by atoms with Gasteiger partial charge in [0, 0.05) is 0 Å². The van der Waals surface area contributed by atoms with Crippen LogP contribution in [0.5, 0.6) is 0 Å². The van der Waals surface area contributed by atoms with Crippen molar-refractivity contribution in [3.8, 4) is 0 Å². The van der Waals surface area contributed by atoms with Gasteiger partial charge in [-0.25, -0.2) is 0 Å². The van der Waals surface area contributed by atoms with Gasteiger partial charge in [0.1, 0.15) is 5.37 Å². The van der Waals surface area contributed by atoms with E-state index in [1.54, 1.807) is 17.9 Å². The van der Waals surface area contributed by atoms with Crippen molar-refractivity contribution in [2.24, 2.45) is 0 Å². The van der Waals surface area contributed by atoms with Crippen LogP contribution < -0.4 is 5.32 Å². The molecule has 0 aliphatic carbocycles. The number of halogens is 3. The molecule has 1 heterocycles. The average molecular weight is 319 g/mol. The molecular weight excluding hydrogens is 301 g/mol. The normalized spacial score (nSPS) is 22.9. The SMILES string of the molecule is C[NH2+]CCN1C(=O)[C@H](C)S[C@@H]1c1cccc(C(F)(F)F)c1. The van der Waals surface area contributed by atoms with Crippen LogP contribution in [0.1, 0.15) is 23.4 Å². The minimum atomic E-state index is -4.36. The van der Waals surface area contributed by atoms with Gasteiger partial charge in [-0.05, 0) is 24.6 Å². The molecule has 1 aromatic carbocycles. The van der Waals surface area contributed by atoms with Gasteiger partial charge < -0.3 is 10.2 Å². The Hall–Kier alpha value is -1.21. The smallest absolute Gasteiger partial charge is 0.347 e. The summed E-state index contributed by atoms with van der Waals surface area (Å²) in [5.74, 6) is -0.00994. The number of amides is 1. The van der Waals surface area contributed by atoms with Crippen molar-refractivity contribution >= 4 is 17.7 Å². The number of alkyl halides is 3. The molecule has 1 saturated heterocycles. The molecule has 3 nitrogen and oxygen atoms in total. The number of hydrogen-bond donors (Lipinski definition) is 1. The molecule has 7 heteroatoms. The van der Waals surface area contributed by atoms with Crippen LogP contribution in [0.25, 0.3) is 0 Å². The number of likely N-dealkylation sites (N-methyl/N-ethyl adjacent to an activating group) is 1. The molecule has 1 aromatic rings. The van der Waals surface area contributed by atoms with Crippen LogP contribution in [-0.4, -0.2) is 36.2 Å². The molecule has 0 aromatic heterocycles. The molecule has 2 rings (SSSR count). The predicted octanol–water partition coefficient (Wildman–Crippen LogP) is 1.86. The highest BCUT2D eigenvalue weighted by molar-refractivity contribution is 8.01. The molecule has 0 bridgehead atoms. The van der Waals surface area contributed by atoms with E-state index in [0.29, 0.717) is 12.1 Å². The topological polar surface area (TPSA) is 36.9 Å². The van der Waals surface area contributed by atoms with Crippen molar-refractivity contribution in [1.29, 1.82) is 0 Å². The Labute approximate surface area is 125 Å². The third-order valence-corrected chi connectivity index (χ3v) is 4.80. The van der Waals surface area contributed by atoms with Crippen LogP contribution in [0.2, 0.25) is 0 Å². The molecule has 1 aliphatic heterocycles. The molecule has 0 spiro atoms. The van der Waals surface area contributed by atoms with E-state index in [0.717, 1.165) is 18.7 Å². The Kier molecular flexibility index (Phi) is 4.83. The van der Waals surface area contributed by atoms with E-state index >= 15 is 0 Å². The van der Waals surface area contributed by atoms with Crippen LogP contribution in [0.15, 0.2) is 24.3 Å². The summed E-state index contributed by atoms with van der Waals surface area (Å²) in [4.78, 5) is 13.8. The molecule has 0 unspecified atom stereocenters. The minimum absolute atomic E-state index is 0.00994. The van der Waals surface area contributed by atoms with Crippen LogP contribution >= 0.6 is 11.8 Å². The van der Waals surface area contributed by atoms with Crippen LogP contribution in [0.4, 0.5) is 13.2 Å². The monoisotopic (exact) mass is 319 g/mol. The lowest BCUT2D eigenvalue weighted by atomic mass is 10.1. The summed E-state index contributed by atoms with van der Waals surface area (Å²) in [6.07, 6.45) is -4.36. The van der Waals surface area contributed by atoms with Gasteiger partial charge in [0.05, 0.1) is 31.0 Å². The molecule has 1 amide bonds. The van der Waals surface area contributed by atoms with Crippen LogP contribution in [0, 0.1) is 0 Å². The van der Waals surface area contributed by atoms with E-state index in [9.17, 15) is 18.0 Å². The fourth-order valence-corrected chi connectivity index (χ4v) is 3.60. The molecule has 1 aliphatic rings. The Morgan fingerprint density at radius 1 is 1.38 bits per heavy atom. The van der Waals surface area contributed by atoms with Crippen molar-refractivity contribution in [3.05, 3.63) is 35.4 Å². The van der Waals surface area contributed by atoms with Gasteiger partial charge >= 0.3 is 6.18 Å². The van der Waals surface area contributed by atoms with E-state index in [1.807, 2.05) is 12.4 Å². The molecule has 0 radical (unpaired) electrons. The predicted molar refractivity (Wildman–Crippen MR) is 75.7 cm³/mol. The number of benzene rings is 1. The van der Waals surface area contributed by atoms with Crippen molar-refractivity contribution in [2.45, 2.75) is 23.7 Å². The number of nitrogens with zero attached hydrogens (tertiary/aromatic N) is 1. The third-order valence-electron chi connectivity index (χ3n) is 3.40. The van der Waals surface area contributed by atoms with Gasteiger partial charge in [0.2, 0.25) is 5.91 Å². The lowest BCUT2D eigenvalue weighted by Gasteiger charge is -2.23. The first-order valence-corrected chi connectivity index (χ1v) is 7.69. The van der Waals surface area contributed by atoms with Gasteiger partial charge in [0.25, 0.3) is 0 Å². The van der Waals surface area contributed by atoms with E-state index in [2.05, 4.69) is 0 Å². The highest BCUT2D eigenvalue weighted by Crippen LogP contribution is 2.43. The zero-order valence-corrected chi connectivity index (χ0v) is 12.7. The molecule has 0 saturated carbocycles. The van der Waals surface area contributed by atoms with Crippen molar-refractivity contribution < 1.29 is 23.3 Å². The number of carbonyl (C=O) groups is 1. The second-order valence-electron chi connectivity index (χ2n) is 4.98. The summed E-state index contributed by atoms with van der Waals surface area (Å²) < 4.78 is 38.4. The van der Waals surface area contributed by atoms with Crippen molar-refractivity contribution in [1.82, 2.24) is 4.90 Å². The lowest BCUT2D eigenvalue weighted by Crippen LogP contribution is -2.81. The molecule has 21 heavy (non-hydrogen) atoms. The number of carbonyl (C=O) groups excluding carboxylic acids is 1. The summed E-state index contributed by atoms with van der Waals surface area (Å²) in [6.45, 7) is 3.06. The van der Waals surface area contributed by atoms with Crippen molar-refractivity contribution in [2.75, 3.05) is 20.1 Å². The number of quaternary nitrogens is 1. The summed E-state index contributed by atoms with van der Waals surface area (Å²) in [7, 11) is 1.90. The first-order valence-electron chi connectivity index (χ1n) is 6.75. The maximum atomic E-state index is 12.8. The average Bonchev–Trinajstić information content (AvgIpc) is 2.72. The number of nitrogens with two attached hydrogens (primary N) is 1. The van der Waals surface area contributed by atoms with Crippen LogP contribution in [-0.2, 0) is 11.0 Å². The van der Waals surface area contributed by atoms with E-state index in [1.165, 1.54) is 17.8 Å². The molecule has 116 valence electrons.